The van der Waals surface area contributed by atoms with Crippen LogP contribution in [0, 0.1) is 11.3 Å². The minimum absolute atomic E-state index is 0.184. The molecule has 1 aromatic rings. The fourth-order valence-corrected chi connectivity index (χ4v) is 3.92. The molecule has 0 bridgehead atoms. The van der Waals surface area contributed by atoms with Gasteiger partial charge in [-0.3, -0.25) is 4.98 Å². The maximum atomic E-state index is 12.1. The molecule has 1 amide bonds. The number of hydrogen-bond donors (Lipinski definition) is 0. The van der Waals surface area contributed by atoms with Gasteiger partial charge in [0.1, 0.15) is 17.5 Å². The van der Waals surface area contributed by atoms with E-state index in [4.69, 9.17) is 9.47 Å². The molecule has 2 atom stereocenters. The van der Waals surface area contributed by atoms with Crippen molar-refractivity contribution in [3.8, 4) is 5.75 Å². The Morgan fingerprint density at radius 2 is 1.96 bits per heavy atom. The van der Waals surface area contributed by atoms with Gasteiger partial charge in [-0.2, -0.15) is 0 Å². The zero-order valence-electron chi connectivity index (χ0n) is 15.1. The molecule has 1 aromatic heterocycles. The van der Waals surface area contributed by atoms with Gasteiger partial charge in [-0.1, -0.05) is 6.92 Å². The average molecular weight is 332 g/mol. The minimum atomic E-state index is -0.427. The largest absolute Gasteiger partial charge is 0.490 e. The molecule has 2 aliphatic rings. The van der Waals surface area contributed by atoms with Crippen LogP contribution in [0.3, 0.4) is 0 Å². The van der Waals surface area contributed by atoms with Crippen LogP contribution >= 0.6 is 0 Å². The van der Waals surface area contributed by atoms with E-state index in [9.17, 15) is 4.79 Å². The summed E-state index contributed by atoms with van der Waals surface area (Å²) in [5.41, 5.74) is -0.169. The molecule has 2 fully saturated rings. The number of hydrogen-bond acceptors (Lipinski definition) is 4. The molecular weight excluding hydrogens is 304 g/mol. The third-order valence-electron chi connectivity index (χ3n) is 4.99. The smallest absolute Gasteiger partial charge is 0.410 e. The van der Waals surface area contributed by atoms with Crippen LogP contribution in [0.2, 0.25) is 0 Å². The van der Waals surface area contributed by atoms with Crippen molar-refractivity contribution in [1.29, 1.82) is 0 Å². The highest BCUT2D eigenvalue weighted by Crippen LogP contribution is 2.47. The topological polar surface area (TPSA) is 51.7 Å². The number of ether oxygens (including phenoxy) is 2. The van der Waals surface area contributed by atoms with Gasteiger partial charge in [0.05, 0.1) is 0 Å². The maximum Gasteiger partial charge on any atom is 0.410 e. The molecule has 5 heteroatoms. The Labute approximate surface area is 144 Å². The van der Waals surface area contributed by atoms with Crippen molar-refractivity contribution in [3.63, 3.8) is 0 Å². The first-order valence-corrected chi connectivity index (χ1v) is 8.81. The zero-order valence-corrected chi connectivity index (χ0v) is 15.1. The van der Waals surface area contributed by atoms with Crippen molar-refractivity contribution in [3.05, 3.63) is 24.5 Å². The molecule has 0 aromatic carbocycles. The van der Waals surface area contributed by atoms with Crippen LogP contribution in [-0.4, -0.2) is 40.8 Å². The zero-order chi connectivity index (χ0) is 17.4. The fraction of sp³-hybridized carbons (Fsp3) is 0.684. The summed E-state index contributed by atoms with van der Waals surface area (Å²) in [6.07, 6.45) is 6.81. The van der Waals surface area contributed by atoms with Crippen LogP contribution in [-0.2, 0) is 4.74 Å². The van der Waals surface area contributed by atoms with Gasteiger partial charge in [0, 0.05) is 30.9 Å². The predicted molar refractivity (Wildman–Crippen MR) is 91.9 cm³/mol. The second kappa shape index (κ2) is 6.26. The summed E-state index contributed by atoms with van der Waals surface area (Å²) < 4.78 is 11.6. The van der Waals surface area contributed by atoms with E-state index in [-0.39, 0.29) is 17.6 Å². The number of likely N-dealkylation sites (tertiary alicyclic amines) is 1. The lowest BCUT2D eigenvalue weighted by molar-refractivity contribution is -0.0757. The van der Waals surface area contributed by atoms with E-state index >= 15 is 0 Å². The van der Waals surface area contributed by atoms with Crippen LogP contribution in [0.4, 0.5) is 4.79 Å². The number of pyridine rings is 1. The van der Waals surface area contributed by atoms with Crippen molar-refractivity contribution in [2.24, 2.45) is 11.3 Å². The van der Waals surface area contributed by atoms with Crippen molar-refractivity contribution in [1.82, 2.24) is 9.88 Å². The van der Waals surface area contributed by atoms with Gasteiger partial charge >= 0.3 is 6.09 Å². The number of carbonyl (C=O) groups excluding carboxylic acids is 1. The van der Waals surface area contributed by atoms with Crippen molar-refractivity contribution >= 4 is 6.09 Å². The molecule has 0 unspecified atom stereocenters. The maximum absolute atomic E-state index is 12.1. The van der Waals surface area contributed by atoms with Crippen molar-refractivity contribution in [2.45, 2.75) is 58.7 Å². The first kappa shape index (κ1) is 17.1. The summed E-state index contributed by atoms with van der Waals surface area (Å²) in [7, 11) is 0. The molecule has 0 radical (unpaired) electrons. The van der Waals surface area contributed by atoms with E-state index in [2.05, 4.69) is 11.9 Å². The SMILES string of the molecule is C[C@@H]1CC2(CC[C@@H]1Oc1ccncc1)CN(C(=O)OC(C)(C)C)C2. The molecule has 1 saturated carbocycles. The number of aromatic nitrogens is 1. The summed E-state index contributed by atoms with van der Waals surface area (Å²) >= 11 is 0. The van der Waals surface area contributed by atoms with Crippen LogP contribution in [0.15, 0.2) is 24.5 Å². The number of nitrogens with zero attached hydrogens (tertiary/aromatic N) is 2. The van der Waals surface area contributed by atoms with Crippen molar-refractivity contribution in [2.75, 3.05) is 13.1 Å². The van der Waals surface area contributed by atoms with Gasteiger partial charge in [-0.25, -0.2) is 4.79 Å². The van der Waals surface area contributed by atoms with Gasteiger partial charge < -0.3 is 14.4 Å². The van der Waals surface area contributed by atoms with E-state index < -0.39 is 5.60 Å². The molecule has 1 saturated heterocycles. The summed E-state index contributed by atoms with van der Waals surface area (Å²) in [5.74, 6) is 1.37. The molecule has 2 heterocycles. The van der Waals surface area contributed by atoms with Crippen molar-refractivity contribution < 1.29 is 14.3 Å². The van der Waals surface area contributed by atoms with Gasteiger partial charge in [0.25, 0.3) is 0 Å². The first-order valence-electron chi connectivity index (χ1n) is 8.81. The highest BCUT2D eigenvalue weighted by molar-refractivity contribution is 5.69. The number of amides is 1. The molecule has 0 N–H and O–H groups in total. The van der Waals surface area contributed by atoms with Gasteiger partial charge in [0.15, 0.2) is 0 Å². The summed E-state index contributed by atoms with van der Waals surface area (Å²) in [6.45, 7) is 9.60. The third kappa shape index (κ3) is 3.82. The van der Waals surface area contributed by atoms with E-state index in [1.807, 2.05) is 37.8 Å². The van der Waals surface area contributed by atoms with Gasteiger partial charge in [-0.15, -0.1) is 0 Å². The van der Waals surface area contributed by atoms with E-state index in [0.717, 1.165) is 38.1 Å². The second-order valence-electron chi connectivity index (χ2n) is 8.40. The molecule has 3 rings (SSSR count). The van der Waals surface area contributed by atoms with Crippen LogP contribution < -0.4 is 4.74 Å². The van der Waals surface area contributed by atoms with E-state index in [0.29, 0.717) is 5.92 Å². The first-order chi connectivity index (χ1) is 11.3. The lowest BCUT2D eigenvalue weighted by Gasteiger charge is -2.54. The molecule has 5 nitrogen and oxygen atoms in total. The third-order valence-corrected chi connectivity index (χ3v) is 4.99. The fourth-order valence-electron chi connectivity index (χ4n) is 3.92. The molecule has 1 aliphatic carbocycles. The highest BCUT2D eigenvalue weighted by Gasteiger charge is 2.50. The van der Waals surface area contributed by atoms with Crippen LogP contribution in [0.5, 0.6) is 5.75 Å². The molecule has 1 spiro atoms. The van der Waals surface area contributed by atoms with E-state index in [1.54, 1.807) is 12.4 Å². The number of carbonyl (C=O) groups is 1. The Balaban J connectivity index is 1.51. The molecular formula is C19H28N2O3. The van der Waals surface area contributed by atoms with Gasteiger partial charge in [0.2, 0.25) is 0 Å². The van der Waals surface area contributed by atoms with Gasteiger partial charge in [-0.05, 0) is 58.1 Å². The Morgan fingerprint density at radius 3 is 2.54 bits per heavy atom. The monoisotopic (exact) mass is 332 g/mol. The standard InChI is InChI=1S/C19H28N2O3/c1-14-11-19(12-21(13-19)17(22)24-18(2,3)4)8-5-16(14)23-15-6-9-20-10-7-15/h6-7,9-10,14,16H,5,8,11-13H2,1-4H3/t14-,16+/m1/s1. The molecule has 24 heavy (non-hydrogen) atoms. The summed E-state index contributed by atoms with van der Waals surface area (Å²) in [6, 6.07) is 3.81. The second-order valence-corrected chi connectivity index (χ2v) is 8.40. The lowest BCUT2D eigenvalue weighted by atomic mass is 9.64. The summed E-state index contributed by atoms with van der Waals surface area (Å²) in [4.78, 5) is 18.0. The highest BCUT2D eigenvalue weighted by atomic mass is 16.6. The Morgan fingerprint density at radius 1 is 1.29 bits per heavy atom. The number of rotatable bonds is 2. The Bertz CT molecular complexity index is 576. The molecule has 1 aliphatic heterocycles. The predicted octanol–water partition coefficient (Wildman–Crippen LogP) is 3.89. The normalized spacial score (nSPS) is 25.9. The van der Waals surface area contributed by atoms with E-state index in [1.165, 1.54) is 0 Å². The Hall–Kier alpha value is -1.78. The lowest BCUT2D eigenvalue weighted by Crippen LogP contribution is -2.61. The van der Waals surface area contributed by atoms with Crippen LogP contribution in [0.1, 0.15) is 47.0 Å². The molecule has 132 valence electrons. The Kier molecular flexibility index (Phi) is 4.45. The summed E-state index contributed by atoms with van der Waals surface area (Å²) in [5, 5.41) is 0. The minimum Gasteiger partial charge on any atom is -0.490 e. The average Bonchev–Trinajstić information content (AvgIpc) is 2.46. The van der Waals surface area contributed by atoms with Crippen LogP contribution in [0.25, 0.3) is 0 Å². The quantitative estimate of drug-likeness (QED) is 0.824.